The zero-order valence-electron chi connectivity index (χ0n) is 16.2. The summed E-state index contributed by atoms with van der Waals surface area (Å²) in [6.07, 6.45) is 1.64. The van der Waals surface area contributed by atoms with Crippen LogP contribution in [0, 0.1) is 10.1 Å². The van der Waals surface area contributed by atoms with Crippen LogP contribution in [0.1, 0.15) is 30.0 Å². The number of benzene rings is 2. The van der Waals surface area contributed by atoms with E-state index >= 15 is 0 Å². The first-order valence-corrected chi connectivity index (χ1v) is 11.6. The van der Waals surface area contributed by atoms with Gasteiger partial charge < -0.3 is 4.79 Å². The van der Waals surface area contributed by atoms with Crippen molar-refractivity contribution in [2.75, 3.05) is 0 Å². The Morgan fingerprint density at radius 3 is 2.30 bits per heavy atom. The van der Waals surface area contributed by atoms with Gasteiger partial charge in [0, 0.05) is 12.1 Å². The summed E-state index contributed by atoms with van der Waals surface area (Å²) in [4.78, 5) is 22.1. The van der Waals surface area contributed by atoms with E-state index in [2.05, 4.69) is 0 Å². The van der Waals surface area contributed by atoms with Gasteiger partial charge in [-0.2, -0.15) is 5.10 Å². The third-order valence-electron chi connectivity index (χ3n) is 4.68. The minimum atomic E-state index is -2.49. The first-order valence-electron chi connectivity index (χ1n) is 9.31. The van der Waals surface area contributed by atoms with Crippen molar-refractivity contribution < 1.29 is 18.1 Å². The fourth-order valence-corrected chi connectivity index (χ4v) is 4.84. The minimum absolute atomic E-state index is 0.00642. The molecule has 0 aliphatic carbocycles. The molecule has 3 rings (SSSR count). The van der Waals surface area contributed by atoms with Crippen LogP contribution < -0.4 is 0 Å². The molecule has 0 fully saturated rings. The Labute approximate surface area is 180 Å². The molecule has 2 aromatic rings. The number of hydrogen-bond acceptors (Lipinski definition) is 8. The Hall–Kier alpha value is -2.72. The predicted octanol–water partition coefficient (Wildman–Crippen LogP) is 2.96. The van der Waals surface area contributed by atoms with Gasteiger partial charge in [0.2, 0.25) is 0 Å². The minimum Gasteiger partial charge on any atom is -0.300 e. The van der Waals surface area contributed by atoms with Crippen molar-refractivity contribution in [3.05, 3.63) is 75.3 Å². The van der Waals surface area contributed by atoms with Crippen LogP contribution in [-0.2, 0) is 27.8 Å². The van der Waals surface area contributed by atoms with E-state index in [1.165, 1.54) is 23.9 Å². The van der Waals surface area contributed by atoms with Crippen molar-refractivity contribution >= 4 is 40.2 Å². The summed E-state index contributed by atoms with van der Waals surface area (Å²) in [5.74, 6) is -0.00642. The number of non-ortho nitro benzene ring substituents is 1. The largest absolute Gasteiger partial charge is 0.300 e. The van der Waals surface area contributed by atoms with Gasteiger partial charge in [-0.3, -0.25) is 15.1 Å². The standard InChI is InChI=1S/C20H21N3O5S2/c1-2-18-20(16-7-3-15(4-8-16)13-30(27)28)21-22(19(12-24)29-18)11-14-5-9-17(10-6-14)23(25)26/h3-10,12,18-19,30H,2,11,13H2,1H3. The molecular weight excluding hydrogens is 426 g/mol. The van der Waals surface area contributed by atoms with Gasteiger partial charge in [0.05, 0.1) is 28.2 Å². The number of rotatable bonds is 8. The zero-order valence-corrected chi connectivity index (χ0v) is 17.9. The molecule has 0 bridgehead atoms. The summed E-state index contributed by atoms with van der Waals surface area (Å²) in [7, 11) is -2.49. The van der Waals surface area contributed by atoms with Gasteiger partial charge in [-0.25, -0.2) is 8.42 Å². The number of nitro benzene ring substituents is 1. The monoisotopic (exact) mass is 447 g/mol. The molecule has 2 aromatic carbocycles. The van der Waals surface area contributed by atoms with Gasteiger partial charge in [0.15, 0.2) is 6.29 Å². The molecule has 0 N–H and O–H groups in total. The summed E-state index contributed by atoms with van der Waals surface area (Å²) in [5, 5.41) is 16.8. The number of nitrogens with zero attached hydrogens (tertiary/aromatic N) is 3. The molecular formula is C20H21N3O5S2. The maximum absolute atomic E-state index is 11.7. The molecule has 0 saturated heterocycles. The van der Waals surface area contributed by atoms with Crippen LogP contribution in [0.25, 0.3) is 0 Å². The van der Waals surface area contributed by atoms with Crippen molar-refractivity contribution in [2.24, 2.45) is 5.10 Å². The van der Waals surface area contributed by atoms with Gasteiger partial charge in [-0.15, -0.1) is 11.8 Å². The van der Waals surface area contributed by atoms with Gasteiger partial charge in [-0.1, -0.05) is 43.3 Å². The van der Waals surface area contributed by atoms with Crippen molar-refractivity contribution in [3.8, 4) is 0 Å². The Morgan fingerprint density at radius 2 is 1.77 bits per heavy atom. The number of thiol groups is 1. The second kappa shape index (κ2) is 9.86. The molecule has 0 amide bonds. The van der Waals surface area contributed by atoms with E-state index in [9.17, 15) is 23.3 Å². The Bertz CT molecular complexity index is 1010. The van der Waals surface area contributed by atoms with E-state index in [4.69, 9.17) is 5.10 Å². The number of carbonyl (C=O) groups excluding carboxylic acids is 1. The number of carbonyl (C=O) groups is 1. The van der Waals surface area contributed by atoms with Crippen molar-refractivity contribution in [1.82, 2.24) is 5.01 Å². The van der Waals surface area contributed by atoms with E-state index < -0.39 is 21.0 Å². The summed E-state index contributed by atoms with van der Waals surface area (Å²) in [6, 6.07) is 13.4. The van der Waals surface area contributed by atoms with Crippen LogP contribution in [0.3, 0.4) is 0 Å². The topological polar surface area (TPSA) is 110 Å². The van der Waals surface area contributed by atoms with Gasteiger partial charge in [0.25, 0.3) is 5.69 Å². The average Bonchev–Trinajstić information content (AvgIpc) is 2.74. The third kappa shape index (κ3) is 5.25. The lowest BCUT2D eigenvalue weighted by molar-refractivity contribution is -0.384. The zero-order chi connectivity index (χ0) is 21.7. The van der Waals surface area contributed by atoms with Crippen LogP contribution in [0.5, 0.6) is 0 Å². The average molecular weight is 448 g/mol. The molecule has 10 heteroatoms. The first-order chi connectivity index (χ1) is 14.4. The van der Waals surface area contributed by atoms with E-state index in [0.717, 1.165) is 29.5 Å². The second-order valence-corrected chi connectivity index (χ2v) is 9.06. The van der Waals surface area contributed by atoms with Crippen LogP contribution in [-0.4, -0.2) is 41.0 Å². The Kier molecular flexibility index (Phi) is 7.22. The molecule has 2 atom stereocenters. The fraction of sp³-hybridized carbons (Fsp3) is 0.300. The molecule has 0 radical (unpaired) electrons. The molecule has 0 spiro atoms. The summed E-state index contributed by atoms with van der Waals surface area (Å²) >= 11 is 1.51. The highest BCUT2D eigenvalue weighted by atomic mass is 32.2. The van der Waals surface area contributed by atoms with E-state index in [1.54, 1.807) is 29.3 Å². The van der Waals surface area contributed by atoms with E-state index in [0.29, 0.717) is 12.1 Å². The maximum Gasteiger partial charge on any atom is 0.269 e. The van der Waals surface area contributed by atoms with E-state index in [-0.39, 0.29) is 16.7 Å². The van der Waals surface area contributed by atoms with Gasteiger partial charge in [-0.05, 0) is 23.1 Å². The maximum atomic E-state index is 11.7. The van der Waals surface area contributed by atoms with E-state index in [1.807, 2.05) is 19.1 Å². The number of aldehydes is 1. The summed E-state index contributed by atoms with van der Waals surface area (Å²) < 4.78 is 21.9. The van der Waals surface area contributed by atoms with Crippen LogP contribution in [0.2, 0.25) is 0 Å². The highest BCUT2D eigenvalue weighted by Crippen LogP contribution is 2.32. The smallest absolute Gasteiger partial charge is 0.269 e. The molecule has 1 heterocycles. The van der Waals surface area contributed by atoms with Crippen LogP contribution in [0.15, 0.2) is 53.6 Å². The molecule has 1 aliphatic rings. The highest BCUT2D eigenvalue weighted by Gasteiger charge is 2.31. The summed E-state index contributed by atoms with van der Waals surface area (Å²) in [5.41, 5.74) is 3.22. The molecule has 158 valence electrons. The van der Waals surface area contributed by atoms with Gasteiger partial charge >= 0.3 is 0 Å². The van der Waals surface area contributed by atoms with Crippen LogP contribution in [0.4, 0.5) is 5.69 Å². The molecule has 1 aliphatic heterocycles. The molecule has 8 nitrogen and oxygen atoms in total. The third-order valence-corrected chi connectivity index (χ3v) is 6.82. The van der Waals surface area contributed by atoms with Crippen molar-refractivity contribution in [2.45, 2.75) is 36.3 Å². The van der Waals surface area contributed by atoms with Crippen molar-refractivity contribution in [1.29, 1.82) is 0 Å². The normalized spacial score (nSPS) is 18.9. The summed E-state index contributed by atoms with van der Waals surface area (Å²) in [6.45, 7) is 2.36. The SMILES string of the molecule is CCC1SC(C=O)N(Cc2ccc([N+](=O)[O-])cc2)N=C1c1ccc(C[SH](=O)=O)cc1. The lowest BCUT2D eigenvalue weighted by Gasteiger charge is -2.34. The lowest BCUT2D eigenvalue weighted by Crippen LogP contribution is -2.39. The molecule has 30 heavy (non-hydrogen) atoms. The predicted molar refractivity (Wildman–Crippen MR) is 117 cm³/mol. The second-order valence-electron chi connectivity index (χ2n) is 6.75. The molecule has 0 saturated carbocycles. The number of hydrogen-bond donors (Lipinski definition) is 1. The number of hydrazone groups is 1. The molecule has 2 unspecified atom stereocenters. The van der Waals surface area contributed by atoms with Gasteiger partial charge in [0.1, 0.15) is 16.1 Å². The lowest BCUT2D eigenvalue weighted by atomic mass is 10.0. The fourth-order valence-electron chi connectivity index (χ4n) is 3.16. The number of thioether (sulfide) groups is 1. The van der Waals surface area contributed by atoms with Crippen molar-refractivity contribution in [3.63, 3.8) is 0 Å². The Morgan fingerprint density at radius 1 is 1.13 bits per heavy atom. The number of nitro groups is 1. The van der Waals surface area contributed by atoms with Crippen LogP contribution >= 0.6 is 11.8 Å². The molecule has 0 aromatic heterocycles. The first kappa shape index (κ1) is 22.0. The quantitative estimate of drug-likeness (QED) is 0.287. The highest BCUT2D eigenvalue weighted by molar-refractivity contribution is 8.01. The Balaban J connectivity index is 1.89.